The van der Waals surface area contributed by atoms with Crippen molar-refractivity contribution in [1.82, 2.24) is 4.90 Å². The number of amides is 1. The topological polar surface area (TPSA) is 64.8 Å². The van der Waals surface area contributed by atoms with Gasteiger partial charge in [-0.25, -0.2) is 0 Å². The molecule has 0 spiro atoms. The summed E-state index contributed by atoms with van der Waals surface area (Å²) in [7, 11) is 0. The molecule has 98 valence electrons. The molecule has 2 N–H and O–H groups in total. The van der Waals surface area contributed by atoms with Crippen LogP contribution in [0.2, 0.25) is 0 Å². The molecule has 0 radical (unpaired) electrons. The highest BCUT2D eigenvalue weighted by atomic mass is 16.7. The van der Waals surface area contributed by atoms with Gasteiger partial charge in [-0.05, 0) is 26.7 Å². The van der Waals surface area contributed by atoms with E-state index in [0.29, 0.717) is 19.1 Å². The highest BCUT2D eigenvalue weighted by molar-refractivity contribution is 5.81. The van der Waals surface area contributed by atoms with Crippen molar-refractivity contribution >= 4 is 5.91 Å². The molecule has 2 aliphatic heterocycles. The fourth-order valence-corrected chi connectivity index (χ4v) is 2.68. The molecule has 2 fully saturated rings. The summed E-state index contributed by atoms with van der Waals surface area (Å²) >= 11 is 0. The quantitative estimate of drug-likeness (QED) is 0.758. The molecule has 2 aliphatic rings. The molecule has 1 unspecified atom stereocenters. The molecule has 0 aromatic carbocycles. The summed E-state index contributed by atoms with van der Waals surface area (Å²) in [5.74, 6) is -0.0206. The van der Waals surface area contributed by atoms with Crippen molar-refractivity contribution in [2.45, 2.75) is 38.5 Å². The van der Waals surface area contributed by atoms with E-state index in [1.54, 1.807) is 6.92 Å². The standard InChI is InChI=1S/C12H22N2O3/c1-9(13)11(15)14-5-3-10(4-6-14)12(2)16-7-8-17-12/h9-10H,3-8,13H2,1-2H3. The third-order valence-corrected chi connectivity index (χ3v) is 3.80. The van der Waals surface area contributed by atoms with Crippen LogP contribution in [0.15, 0.2) is 0 Å². The summed E-state index contributed by atoms with van der Waals surface area (Å²) in [5, 5.41) is 0. The molecule has 2 heterocycles. The Bertz CT molecular complexity index is 279. The van der Waals surface area contributed by atoms with Crippen LogP contribution < -0.4 is 5.73 Å². The lowest BCUT2D eigenvalue weighted by Gasteiger charge is -2.39. The number of carbonyl (C=O) groups excluding carboxylic acids is 1. The molecule has 0 bridgehead atoms. The summed E-state index contributed by atoms with van der Waals surface area (Å²) in [6.45, 7) is 6.61. The van der Waals surface area contributed by atoms with Crippen LogP contribution in [-0.2, 0) is 14.3 Å². The van der Waals surface area contributed by atoms with Crippen molar-refractivity contribution in [3.05, 3.63) is 0 Å². The van der Waals surface area contributed by atoms with Crippen LogP contribution in [-0.4, -0.2) is 48.9 Å². The van der Waals surface area contributed by atoms with E-state index in [1.807, 2.05) is 11.8 Å². The summed E-state index contributed by atoms with van der Waals surface area (Å²) < 4.78 is 11.3. The van der Waals surface area contributed by atoms with Gasteiger partial charge in [0.25, 0.3) is 0 Å². The van der Waals surface area contributed by atoms with Crippen LogP contribution in [0.3, 0.4) is 0 Å². The van der Waals surface area contributed by atoms with E-state index in [0.717, 1.165) is 25.9 Å². The van der Waals surface area contributed by atoms with Gasteiger partial charge in [0.2, 0.25) is 5.91 Å². The van der Waals surface area contributed by atoms with Gasteiger partial charge in [0.15, 0.2) is 5.79 Å². The first-order valence-corrected chi connectivity index (χ1v) is 6.35. The number of rotatable bonds is 2. The number of nitrogens with zero attached hydrogens (tertiary/aromatic N) is 1. The lowest BCUT2D eigenvalue weighted by molar-refractivity contribution is -0.191. The minimum Gasteiger partial charge on any atom is -0.348 e. The highest BCUT2D eigenvalue weighted by Crippen LogP contribution is 2.34. The van der Waals surface area contributed by atoms with Gasteiger partial charge in [0, 0.05) is 19.0 Å². The molecule has 5 nitrogen and oxygen atoms in total. The van der Waals surface area contributed by atoms with Gasteiger partial charge in [-0.2, -0.15) is 0 Å². The minimum absolute atomic E-state index is 0.0434. The zero-order valence-electron chi connectivity index (χ0n) is 10.6. The summed E-state index contributed by atoms with van der Waals surface area (Å²) in [5.41, 5.74) is 5.61. The average Bonchev–Trinajstić information content (AvgIpc) is 2.76. The average molecular weight is 242 g/mol. The van der Waals surface area contributed by atoms with E-state index >= 15 is 0 Å². The van der Waals surface area contributed by atoms with Crippen molar-refractivity contribution in [2.75, 3.05) is 26.3 Å². The molecule has 5 heteroatoms. The number of carbonyl (C=O) groups is 1. The van der Waals surface area contributed by atoms with Gasteiger partial charge in [-0.3, -0.25) is 4.79 Å². The second-order valence-electron chi connectivity index (χ2n) is 5.10. The summed E-state index contributed by atoms with van der Waals surface area (Å²) in [6.07, 6.45) is 1.85. The maximum atomic E-state index is 11.7. The molecule has 2 saturated heterocycles. The third-order valence-electron chi connectivity index (χ3n) is 3.80. The maximum absolute atomic E-state index is 11.7. The molecule has 0 saturated carbocycles. The highest BCUT2D eigenvalue weighted by Gasteiger charge is 2.41. The number of nitrogens with two attached hydrogens (primary N) is 1. The minimum atomic E-state index is -0.441. The van der Waals surface area contributed by atoms with Crippen molar-refractivity contribution in [3.8, 4) is 0 Å². The van der Waals surface area contributed by atoms with Gasteiger partial charge in [-0.15, -0.1) is 0 Å². The molecule has 0 aromatic rings. The van der Waals surface area contributed by atoms with Crippen LogP contribution in [0.4, 0.5) is 0 Å². The number of hydrogen-bond acceptors (Lipinski definition) is 4. The Labute approximate surface area is 102 Å². The Morgan fingerprint density at radius 1 is 1.35 bits per heavy atom. The maximum Gasteiger partial charge on any atom is 0.239 e. The zero-order valence-corrected chi connectivity index (χ0v) is 10.6. The first-order chi connectivity index (χ1) is 8.03. The monoisotopic (exact) mass is 242 g/mol. The third kappa shape index (κ3) is 2.61. The molecular formula is C12H22N2O3. The van der Waals surface area contributed by atoms with Gasteiger partial charge < -0.3 is 20.1 Å². The Hall–Kier alpha value is -0.650. The fourth-order valence-electron chi connectivity index (χ4n) is 2.68. The molecular weight excluding hydrogens is 220 g/mol. The van der Waals surface area contributed by atoms with Crippen molar-refractivity contribution in [1.29, 1.82) is 0 Å². The van der Waals surface area contributed by atoms with E-state index in [9.17, 15) is 4.79 Å². The first-order valence-electron chi connectivity index (χ1n) is 6.35. The SMILES string of the molecule is CC(N)C(=O)N1CCC(C2(C)OCCO2)CC1. The van der Waals surface area contributed by atoms with Gasteiger partial charge in [-0.1, -0.05) is 0 Å². The van der Waals surface area contributed by atoms with Crippen LogP contribution in [0.5, 0.6) is 0 Å². The van der Waals surface area contributed by atoms with E-state index in [1.165, 1.54) is 0 Å². The molecule has 1 amide bonds. The Kier molecular flexibility index (Phi) is 3.70. The van der Waals surface area contributed by atoms with Crippen molar-refractivity contribution in [2.24, 2.45) is 11.7 Å². The largest absolute Gasteiger partial charge is 0.348 e. The lowest BCUT2D eigenvalue weighted by atomic mass is 9.89. The van der Waals surface area contributed by atoms with Gasteiger partial charge in [0.1, 0.15) is 0 Å². The van der Waals surface area contributed by atoms with E-state index in [2.05, 4.69) is 0 Å². The molecule has 1 atom stereocenters. The molecule has 0 aliphatic carbocycles. The van der Waals surface area contributed by atoms with Crippen LogP contribution in [0, 0.1) is 5.92 Å². The number of hydrogen-bond donors (Lipinski definition) is 1. The van der Waals surface area contributed by atoms with Crippen LogP contribution in [0.1, 0.15) is 26.7 Å². The predicted octanol–water partition coefficient (Wildman–Crippen LogP) is 0.335. The molecule has 2 rings (SSSR count). The second-order valence-corrected chi connectivity index (χ2v) is 5.10. The zero-order chi connectivity index (χ0) is 12.5. The fraction of sp³-hybridized carbons (Fsp3) is 0.917. The van der Waals surface area contributed by atoms with E-state index < -0.39 is 11.8 Å². The Morgan fingerprint density at radius 2 is 1.88 bits per heavy atom. The van der Waals surface area contributed by atoms with Crippen molar-refractivity contribution in [3.63, 3.8) is 0 Å². The van der Waals surface area contributed by atoms with Crippen molar-refractivity contribution < 1.29 is 14.3 Å². The summed E-state index contributed by atoms with van der Waals surface area (Å²) in [4.78, 5) is 13.6. The normalized spacial score (nSPS) is 27.1. The van der Waals surface area contributed by atoms with Gasteiger partial charge >= 0.3 is 0 Å². The number of piperidine rings is 1. The lowest BCUT2D eigenvalue weighted by Crippen LogP contribution is -2.49. The van der Waals surface area contributed by atoms with E-state index in [-0.39, 0.29) is 5.91 Å². The van der Waals surface area contributed by atoms with Crippen LogP contribution in [0.25, 0.3) is 0 Å². The number of likely N-dealkylation sites (tertiary alicyclic amines) is 1. The second kappa shape index (κ2) is 4.92. The molecule has 17 heavy (non-hydrogen) atoms. The Balaban J connectivity index is 1.88. The predicted molar refractivity (Wildman–Crippen MR) is 63.3 cm³/mol. The first kappa shape index (κ1) is 12.8. The van der Waals surface area contributed by atoms with Gasteiger partial charge in [0.05, 0.1) is 19.3 Å². The van der Waals surface area contributed by atoms with E-state index in [4.69, 9.17) is 15.2 Å². The van der Waals surface area contributed by atoms with Crippen LogP contribution >= 0.6 is 0 Å². The smallest absolute Gasteiger partial charge is 0.239 e. The number of ether oxygens (including phenoxy) is 2. The molecule has 0 aromatic heterocycles. The Morgan fingerprint density at radius 3 is 2.35 bits per heavy atom. The summed E-state index contributed by atoms with van der Waals surface area (Å²) in [6, 6.07) is -0.402.